The van der Waals surface area contributed by atoms with Crippen molar-refractivity contribution in [2.75, 3.05) is 5.32 Å². The summed E-state index contributed by atoms with van der Waals surface area (Å²) in [6.45, 7) is 0. The molecule has 1 atom stereocenters. The number of nitrogens with one attached hydrogen (secondary N) is 1. The lowest BCUT2D eigenvalue weighted by Crippen LogP contribution is -2.33. The average Bonchev–Trinajstić information content (AvgIpc) is 2.47. The fourth-order valence-corrected chi connectivity index (χ4v) is 1.55. The molecule has 0 aromatic heterocycles. The van der Waals surface area contributed by atoms with Crippen LogP contribution in [0.15, 0.2) is 12.1 Å². The number of halogens is 2. The first-order chi connectivity index (χ1) is 6.58. The van der Waals surface area contributed by atoms with Gasteiger partial charge in [0.25, 0.3) is 0 Å². The van der Waals surface area contributed by atoms with Gasteiger partial charge in [-0.1, -0.05) is 0 Å². The summed E-state index contributed by atoms with van der Waals surface area (Å²) < 4.78 is 25.9. The predicted molar refractivity (Wildman–Crippen MR) is 46.7 cm³/mol. The topological polar surface area (TPSA) is 55.1 Å². The minimum atomic E-state index is -0.668. The number of amides is 1. The summed E-state index contributed by atoms with van der Waals surface area (Å²) >= 11 is 0. The molecule has 0 aliphatic carbocycles. The van der Waals surface area contributed by atoms with E-state index in [1.165, 1.54) is 0 Å². The van der Waals surface area contributed by atoms with Gasteiger partial charge < -0.3 is 11.1 Å². The fraction of sp³-hybridized carbons (Fsp3) is 0.222. The molecule has 3 N–H and O–H groups in total. The lowest BCUT2D eigenvalue weighted by Gasteiger charge is -2.04. The molecule has 14 heavy (non-hydrogen) atoms. The molecule has 1 heterocycles. The van der Waals surface area contributed by atoms with Gasteiger partial charge in [-0.25, -0.2) is 8.78 Å². The quantitative estimate of drug-likeness (QED) is 0.700. The summed E-state index contributed by atoms with van der Waals surface area (Å²) in [6.07, 6.45) is 0.177. The predicted octanol–water partition coefficient (Wildman–Crippen LogP) is 0.787. The zero-order valence-electron chi connectivity index (χ0n) is 7.18. The second-order valence-electron chi connectivity index (χ2n) is 3.22. The Hall–Kier alpha value is -1.65. The zero-order chi connectivity index (χ0) is 10.3. The van der Waals surface area contributed by atoms with E-state index in [1.807, 2.05) is 0 Å². The van der Waals surface area contributed by atoms with Gasteiger partial charge in [-0.05, 0) is 6.07 Å². The monoisotopic (exact) mass is 198 g/mol. The molecule has 2 rings (SSSR count). The molecule has 0 spiro atoms. The highest BCUT2D eigenvalue weighted by molar-refractivity contribution is 5.85. The second kappa shape index (κ2) is 2.94. The normalized spacial score (nSPS) is 18.9. The molecule has 1 aliphatic heterocycles. The molecule has 5 heteroatoms. The van der Waals surface area contributed by atoms with Gasteiger partial charge in [-0.15, -0.1) is 0 Å². The van der Waals surface area contributed by atoms with E-state index in [4.69, 9.17) is 5.73 Å². The minimum Gasteiger partial charge on any atom is -0.373 e. The molecule has 0 saturated carbocycles. The van der Waals surface area contributed by atoms with E-state index >= 15 is 0 Å². The highest BCUT2D eigenvalue weighted by Crippen LogP contribution is 2.28. The SMILES string of the molecule is NC(=O)C1Cc2c(F)cc(F)cc2N1. The van der Waals surface area contributed by atoms with Crippen molar-refractivity contribution in [1.82, 2.24) is 0 Å². The smallest absolute Gasteiger partial charge is 0.240 e. The van der Waals surface area contributed by atoms with Gasteiger partial charge in [0, 0.05) is 23.7 Å². The van der Waals surface area contributed by atoms with E-state index in [0.717, 1.165) is 12.1 Å². The molecule has 1 unspecified atom stereocenters. The molecule has 1 aromatic rings. The minimum absolute atomic E-state index is 0.177. The molecular formula is C9H8F2N2O. The number of benzene rings is 1. The van der Waals surface area contributed by atoms with Crippen LogP contribution in [0.5, 0.6) is 0 Å². The van der Waals surface area contributed by atoms with E-state index in [2.05, 4.69) is 5.32 Å². The van der Waals surface area contributed by atoms with Gasteiger partial charge in [-0.2, -0.15) is 0 Å². The number of carbonyl (C=O) groups excluding carboxylic acids is 1. The zero-order valence-corrected chi connectivity index (χ0v) is 7.18. The Kier molecular flexibility index (Phi) is 1.87. The van der Waals surface area contributed by atoms with E-state index in [1.54, 1.807) is 0 Å². The Morgan fingerprint density at radius 2 is 2.21 bits per heavy atom. The number of hydrogen-bond donors (Lipinski definition) is 2. The lowest BCUT2D eigenvalue weighted by atomic mass is 10.1. The van der Waals surface area contributed by atoms with Crippen LogP contribution in [-0.2, 0) is 11.2 Å². The largest absolute Gasteiger partial charge is 0.373 e. The maximum Gasteiger partial charge on any atom is 0.240 e. The maximum absolute atomic E-state index is 13.2. The Balaban J connectivity index is 2.39. The third-order valence-electron chi connectivity index (χ3n) is 2.24. The van der Waals surface area contributed by atoms with Crippen molar-refractivity contribution in [2.45, 2.75) is 12.5 Å². The van der Waals surface area contributed by atoms with Crippen molar-refractivity contribution in [3.05, 3.63) is 29.3 Å². The number of carbonyl (C=O) groups is 1. The highest BCUT2D eigenvalue weighted by Gasteiger charge is 2.27. The average molecular weight is 198 g/mol. The van der Waals surface area contributed by atoms with Gasteiger partial charge in [0.05, 0.1) is 0 Å². The number of anilines is 1. The Morgan fingerprint density at radius 1 is 1.50 bits per heavy atom. The summed E-state index contributed by atoms with van der Waals surface area (Å²) in [7, 11) is 0. The summed E-state index contributed by atoms with van der Waals surface area (Å²) in [4.78, 5) is 10.8. The molecule has 1 amide bonds. The second-order valence-corrected chi connectivity index (χ2v) is 3.22. The Bertz CT molecular complexity index is 406. The van der Waals surface area contributed by atoms with Crippen LogP contribution in [0.25, 0.3) is 0 Å². The molecule has 0 bridgehead atoms. The van der Waals surface area contributed by atoms with Crippen LogP contribution in [0.2, 0.25) is 0 Å². The fourth-order valence-electron chi connectivity index (χ4n) is 1.55. The van der Waals surface area contributed by atoms with Gasteiger partial charge >= 0.3 is 0 Å². The van der Waals surface area contributed by atoms with E-state index in [-0.39, 0.29) is 6.42 Å². The molecule has 1 aromatic carbocycles. The van der Waals surface area contributed by atoms with Crippen LogP contribution in [0.4, 0.5) is 14.5 Å². The van der Waals surface area contributed by atoms with E-state index in [0.29, 0.717) is 11.3 Å². The van der Waals surface area contributed by atoms with Crippen LogP contribution in [0, 0.1) is 11.6 Å². The number of nitrogens with two attached hydrogens (primary N) is 1. The van der Waals surface area contributed by atoms with E-state index < -0.39 is 23.6 Å². The summed E-state index contributed by atoms with van der Waals surface area (Å²) in [5.41, 5.74) is 5.67. The van der Waals surface area contributed by atoms with Gasteiger partial charge in [-0.3, -0.25) is 4.79 Å². The van der Waals surface area contributed by atoms with Crippen LogP contribution in [0.3, 0.4) is 0 Å². The number of primary amides is 1. The van der Waals surface area contributed by atoms with Crippen LogP contribution in [-0.4, -0.2) is 11.9 Å². The maximum atomic E-state index is 13.2. The number of fused-ring (bicyclic) bond motifs is 1. The van der Waals surface area contributed by atoms with Crippen molar-refractivity contribution < 1.29 is 13.6 Å². The summed E-state index contributed by atoms with van der Waals surface area (Å²) in [5, 5.41) is 2.66. The molecule has 3 nitrogen and oxygen atoms in total. The van der Waals surface area contributed by atoms with Gasteiger partial charge in [0.2, 0.25) is 5.91 Å². The third kappa shape index (κ3) is 1.30. The van der Waals surface area contributed by atoms with Crippen molar-refractivity contribution in [3.63, 3.8) is 0 Å². The summed E-state index contributed by atoms with van der Waals surface area (Å²) in [5.74, 6) is -1.88. The first-order valence-electron chi connectivity index (χ1n) is 4.11. The third-order valence-corrected chi connectivity index (χ3v) is 2.24. The molecular weight excluding hydrogens is 190 g/mol. The molecule has 0 radical (unpaired) electrons. The molecule has 0 fully saturated rings. The van der Waals surface area contributed by atoms with Crippen molar-refractivity contribution in [1.29, 1.82) is 0 Å². The Labute approximate surface area is 78.9 Å². The van der Waals surface area contributed by atoms with Crippen molar-refractivity contribution in [3.8, 4) is 0 Å². The Morgan fingerprint density at radius 3 is 2.86 bits per heavy atom. The molecule has 74 valence electrons. The number of hydrogen-bond acceptors (Lipinski definition) is 2. The van der Waals surface area contributed by atoms with Crippen LogP contribution >= 0.6 is 0 Å². The van der Waals surface area contributed by atoms with Gasteiger partial charge in [0.15, 0.2) is 0 Å². The standard InChI is InChI=1S/C9H8F2N2O/c10-4-1-6(11)5-3-8(9(12)14)13-7(5)2-4/h1-2,8,13H,3H2,(H2,12,14). The first kappa shape index (κ1) is 8.93. The first-order valence-corrected chi connectivity index (χ1v) is 4.11. The lowest BCUT2D eigenvalue weighted by molar-refractivity contribution is -0.118. The van der Waals surface area contributed by atoms with Crippen molar-refractivity contribution in [2.24, 2.45) is 5.73 Å². The van der Waals surface area contributed by atoms with Crippen molar-refractivity contribution >= 4 is 11.6 Å². The number of rotatable bonds is 1. The van der Waals surface area contributed by atoms with Crippen LogP contribution in [0.1, 0.15) is 5.56 Å². The molecule has 0 saturated heterocycles. The molecule has 1 aliphatic rings. The van der Waals surface area contributed by atoms with Crippen LogP contribution < -0.4 is 11.1 Å². The highest BCUT2D eigenvalue weighted by atomic mass is 19.1. The van der Waals surface area contributed by atoms with E-state index in [9.17, 15) is 13.6 Å². The van der Waals surface area contributed by atoms with Gasteiger partial charge in [0.1, 0.15) is 17.7 Å². The summed E-state index contributed by atoms with van der Waals surface area (Å²) in [6, 6.07) is 1.31.